The van der Waals surface area contributed by atoms with Crippen molar-refractivity contribution in [2.75, 3.05) is 37.0 Å². The van der Waals surface area contributed by atoms with Gasteiger partial charge in [-0.25, -0.2) is 4.98 Å². The van der Waals surface area contributed by atoms with E-state index >= 15 is 0 Å². The number of aromatic nitrogens is 2. The minimum atomic E-state index is -0.286. The van der Waals surface area contributed by atoms with Crippen molar-refractivity contribution < 1.29 is 9.84 Å². The Morgan fingerprint density at radius 1 is 1.27 bits per heavy atom. The summed E-state index contributed by atoms with van der Waals surface area (Å²) in [6.45, 7) is 1.38. The molecule has 1 fully saturated rings. The molecule has 0 aliphatic carbocycles. The first-order valence-electron chi connectivity index (χ1n) is 7.31. The molecule has 0 saturated carbocycles. The zero-order valence-electron chi connectivity index (χ0n) is 12.8. The van der Waals surface area contributed by atoms with Crippen molar-refractivity contribution in [3.8, 4) is 5.75 Å². The van der Waals surface area contributed by atoms with Crippen LogP contribution in [0.2, 0.25) is 0 Å². The summed E-state index contributed by atoms with van der Waals surface area (Å²) in [5, 5.41) is 9.65. The number of aliphatic hydroxyl groups excluding tert-OH is 1. The third-order valence-corrected chi connectivity index (χ3v) is 3.88. The van der Waals surface area contributed by atoms with E-state index in [2.05, 4.69) is 9.97 Å². The van der Waals surface area contributed by atoms with Gasteiger partial charge in [0.1, 0.15) is 11.6 Å². The Balaban J connectivity index is 1.81. The Morgan fingerprint density at radius 3 is 2.68 bits per heavy atom. The van der Waals surface area contributed by atoms with Gasteiger partial charge in [0.25, 0.3) is 0 Å². The van der Waals surface area contributed by atoms with Gasteiger partial charge in [-0.2, -0.15) is 4.98 Å². The van der Waals surface area contributed by atoms with Crippen LogP contribution in [0.4, 0.5) is 17.5 Å². The lowest BCUT2D eigenvalue weighted by Gasteiger charge is -2.21. The first-order valence-corrected chi connectivity index (χ1v) is 7.31. The Morgan fingerprint density at radius 2 is 2.05 bits per heavy atom. The number of β-amino-alcohol motifs (C(OH)–C–C–N with tert-alkyl or cyclic N) is 1. The molecule has 116 valence electrons. The van der Waals surface area contributed by atoms with Crippen molar-refractivity contribution in [3.63, 3.8) is 0 Å². The van der Waals surface area contributed by atoms with Crippen LogP contribution in [0.25, 0.3) is 0 Å². The number of methoxy groups -OCH3 is 1. The Labute approximate surface area is 130 Å². The normalized spacial score (nSPS) is 17.6. The Kier molecular flexibility index (Phi) is 4.11. The molecule has 2 heterocycles. The van der Waals surface area contributed by atoms with Crippen LogP contribution >= 0.6 is 0 Å². The number of benzene rings is 1. The summed E-state index contributed by atoms with van der Waals surface area (Å²) in [5.41, 5.74) is 1.02. The molecule has 0 spiro atoms. The van der Waals surface area contributed by atoms with Crippen LogP contribution in [0.1, 0.15) is 6.42 Å². The second-order valence-electron chi connectivity index (χ2n) is 5.36. The molecule has 0 amide bonds. The molecule has 1 aromatic carbocycles. The van der Waals surface area contributed by atoms with E-state index in [0.717, 1.165) is 30.2 Å². The average Bonchev–Trinajstić information content (AvgIpc) is 3.01. The first-order chi connectivity index (χ1) is 10.7. The maximum absolute atomic E-state index is 9.65. The van der Waals surface area contributed by atoms with Crippen molar-refractivity contribution in [3.05, 3.63) is 36.5 Å². The lowest BCUT2D eigenvalue weighted by atomic mass is 10.3. The van der Waals surface area contributed by atoms with E-state index in [1.807, 2.05) is 47.2 Å². The van der Waals surface area contributed by atoms with Crippen LogP contribution in [-0.4, -0.2) is 48.4 Å². The van der Waals surface area contributed by atoms with Gasteiger partial charge >= 0.3 is 0 Å². The maximum Gasteiger partial charge on any atom is 0.227 e. The lowest BCUT2D eigenvalue weighted by molar-refractivity contribution is 0.198. The van der Waals surface area contributed by atoms with E-state index in [-0.39, 0.29) is 6.10 Å². The highest BCUT2D eigenvalue weighted by Crippen LogP contribution is 2.25. The van der Waals surface area contributed by atoms with Crippen LogP contribution in [-0.2, 0) is 0 Å². The van der Waals surface area contributed by atoms with Crippen LogP contribution in [0.3, 0.4) is 0 Å². The number of ether oxygens (including phenoxy) is 1. The second-order valence-corrected chi connectivity index (χ2v) is 5.36. The molecule has 1 atom stereocenters. The third kappa shape index (κ3) is 2.96. The molecule has 6 nitrogen and oxygen atoms in total. The van der Waals surface area contributed by atoms with Crippen molar-refractivity contribution in [1.82, 2.24) is 9.97 Å². The fraction of sp³-hybridized carbons (Fsp3) is 0.375. The second kappa shape index (κ2) is 6.19. The van der Waals surface area contributed by atoms with E-state index in [1.54, 1.807) is 13.3 Å². The summed E-state index contributed by atoms with van der Waals surface area (Å²) >= 11 is 0. The van der Waals surface area contributed by atoms with Gasteiger partial charge in [0.2, 0.25) is 5.95 Å². The minimum absolute atomic E-state index is 0.286. The number of rotatable bonds is 4. The largest absolute Gasteiger partial charge is 0.497 e. The quantitative estimate of drug-likeness (QED) is 0.929. The van der Waals surface area contributed by atoms with Crippen LogP contribution < -0.4 is 14.5 Å². The molecule has 0 bridgehead atoms. The molecular formula is C16H20N4O2. The smallest absolute Gasteiger partial charge is 0.227 e. The van der Waals surface area contributed by atoms with Gasteiger partial charge in [-0.3, -0.25) is 0 Å². The number of nitrogens with zero attached hydrogens (tertiary/aromatic N) is 4. The highest BCUT2D eigenvalue weighted by atomic mass is 16.5. The molecule has 0 unspecified atom stereocenters. The van der Waals surface area contributed by atoms with Crippen LogP contribution in [0, 0.1) is 0 Å². The summed E-state index contributed by atoms with van der Waals surface area (Å²) in [6, 6.07) is 9.69. The first kappa shape index (κ1) is 14.6. The third-order valence-electron chi connectivity index (χ3n) is 3.88. The molecular weight excluding hydrogens is 280 g/mol. The zero-order valence-corrected chi connectivity index (χ0v) is 12.8. The number of aliphatic hydroxyl groups is 1. The molecule has 1 aliphatic heterocycles. The molecule has 6 heteroatoms. The van der Waals surface area contributed by atoms with Gasteiger partial charge in [0.05, 0.1) is 13.2 Å². The monoisotopic (exact) mass is 300 g/mol. The summed E-state index contributed by atoms with van der Waals surface area (Å²) in [4.78, 5) is 12.9. The van der Waals surface area contributed by atoms with Gasteiger partial charge in [0.15, 0.2) is 0 Å². The molecule has 2 aromatic rings. The van der Waals surface area contributed by atoms with Crippen LogP contribution in [0.15, 0.2) is 36.5 Å². The summed E-state index contributed by atoms with van der Waals surface area (Å²) in [6.07, 6.45) is 2.23. The van der Waals surface area contributed by atoms with E-state index in [9.17, 15) is 5.11 Å². The zero-order chi connectivity index (χ0) is 15.5. The Hall–Kier alpha value is -2.34. The fourth-order valence-corrected chi connectivity index (χ4v) is 2.54. The Bertz CT molecular complexity index is 632. The number of hydrogen-bond acceptors (Lipinski definition) is 6. The fourth-order valence-electron chi connectivity index (χ4n) is 2.54. The molecule has 1 N–H and O–H groups in total. The van der Waals surface area contributed by atoms with Gasteiger partial charge in [-0.05, 0) is 36.8 Å². The average molecular weight is 300 g/mol. The summed E-state index contributed by atoms with van der Waals surface area (Å²) in [5.74, 6) is 2.30. The minimum Gasteiger partial charge on any atom is -0.497 e. The van der Waals surface area contributed by atoms with Gasteiger partial charge in [-0.1, -0.05) is 0 Å². The van der Waals surface area contributed by atoms with Crippen molar-refractivity contribution in [1.29, 1.82) is 0 Å². The van der Waals surface area contributed by atoms with Crippen molar-refractivity contribution in [2.45, 2.75) is 12.5 Å². The molecule has 1 aliphatic rings. The molecule has 3 rings (SSSR count). The highest BCUT2D eigenvalue weighted by Gasteiger charge is 2.22. The van der Waals surface area contributed by atoms with E-state index in [1.165, 1.54) is 0 Å². The maximum atomic E-state index is 9.65. The molecule has 1 saturated heterocycles. The van der Waals surface area contributed by atoms with Crippen molar-refractivity contribution in [2.24, 2.45) is 0 Å². The van der Waals surface area contributed by atoms with Gasteiger partial charge in [0, 0.05) is 32.0 Å². The molecule has 1 aromatic heterocycles. The number of anilines is 3. The van der Waals surface area contributed by atoms with Crippen LogP contribution in [0.5, 0.6) is 5.75 Å². The molecule has 0 radical (unpaired) electrons. The topological polar surface area (TPSA) is 61.7 Å². The van der Waals surface area contributed by atoms with Gasteiger partial charge in [-0.15, -0.1) is 0 Å². The highest BCUT2D eigenvalue weighted by molar-refractivity contribution is 5.60. The predicted molar refractivity (Wildman–Crippen MR) is 85.9 cm³/mol. The lowest BCUT2D eigenvalue weighted by Crippen LogP contribution is -2.24. The number of hydrogen-bond donors (Lipinski definition) is 1. The van der Waals surface area contributed by atoms with Gasteiger partial charge < -0.3 is 19.6 Å². The molecule has 22 heavy (non-hydrogen) atoms. The van der Waals surface area contributed by atoms with E-state index < -0.39 is 0 Å². The standard InChI is InChI=1S/C16H20N4O2/c1-19(12-3-5-14(22-2)6-4-12)15-7-9-17-16(18-15)20-10-8-13(21)11-20/h3-7,9,13,21H,8,10-11H2,1-2H3/t13-/m1/s1. The SMILES string of the molecule is COc1ccc(N(C)c2ccnc(N3CC[C@@H](O)C3)n2)cc1. The summed E-state index contributed by atoms with van der Waals surface area (Å²) in [7, 11) is 3.62. The van der Waals surface area contributed by atoms with E-state index in [0.29, 0.717) is 12.5 Å². The van der Waals surface area contributed by atoms with Crippen molar-refractivity contribution >= 4 is 17.5 Å². The van der Waals surface area contributed by atoms with E-state index in [4.69, 9.17) is 4.74 Å². The predicted octanol–water partition coefficient (Wildman–Crippen LogP) is 1.82. The summed E-state index contributed by atoms with van der Waals surface area (Å²) < 4.78 is 5.18.